The fraction of sp³-hybridized carbons (Fsp3) is 0.455. The van der Waals surface area contributed by atoms with Crippen LogP contribution in [0.1, 0.15) is 29.3 Å². The average molecular weight is 207 g/mol. The highest BCUT2D eigenvalue weighted by atomic mass is 16.1. The Kier molecular flexibility index (Phi) is 4.24. The van der Waals surface area contributed by atoms with Crippen LogP contribution >= 0.6 is 0 Å². The molecule has 0 radical (unpaired) electrons. The molecule has 0 aliphatic carbocycles. The highest BCUT2D eigenvalue weighted by Gasteiger charge is 2.09. The van der Waals surface area contributed by atoms with Gasteiger partial charge in [0.1, 0.15) is 5.82 Å². The Hall–Kier alpha value is -1.42. The van der Waals surface area contributed by atoms with Gasteiger partial charge in [0.25, 0.3) is 0 Å². The molecular formula is C11H17N3O. The summed E-state index contributed by atoms with van der Waals surface area (Å²) in [5.74, 6) is 0.307. The van der Waals surface area contributed by atoms with Gasteiger partial charge in [-0.25, -0.2) is 4.98 Å². The third kappa shape index (κ3) is 3.32. The standard InChI is InChI=1S/C11H17N3O/c1-3-4-13-7-10(15)9-5-8(2)6-14-11(9)12/h5-6,13H,3-4,7H2,1-2H3,(H2,12,14). The third-order valence-corrected chi connectivity index (χ3v) is 2.07. The lowest BCUT2D eigenvalue weighted by atomic mass is 10.1. The van der Waals surface area contributed by atoms with E-state index in [1.165, 1.54) is 0 Å². The van der Waals surface area contributed by atoms with E-state index in [0.29, 0.717) is 17.9 Å². The molecule has 15 heavy (non-hydrogen) atoms. The molecule has 1 aromatic heterocycles. The van der Waals surface area contributed by atoms with E-state index in [1.54, 1.807) is 12.3 Å². The van der Waals surface area contributed by atoms with Gasteiger partial charge in [-0.3, -0.25) is 4.79 Å². The lowest BCUT2D eigenvalue weighted by molar-refractivity contribution is 0.0992. The number of anilines is 1. The average Bonchev–Trinajstić information content (AvgIpc) is 2.22. The Morgan fingerprint density at radius 3 is 3.00 bits per heavy atom. The molecule has 3 N–H and O–H groups in total. The van der Waals surface area contributed by atoms with Crippen LogP contribution < -0.4 is 11.1 Å². The van der Waals surface area contributed by atoms with Gasteiger partial charge in [0.2, 0.25) is 0 Å². The molecule has 0 bridgehead atoms. The number of pyridine rings is 1. The Bertz CT molecular complexity index is 350. The van der Waals surface area contributed by atoms with Gasteiger partial charge in [0.15, 0.2) is 5.78 Å². The Labute approximate surface area is 89.9 Å². The van der Waals surface area contributed by atoms with Gasteiger partial charge in [-0.05, 0) is 31.5 Å². The lowest BCUT2D eigenvalue weighted by Gasteiger charge is -2.05. The van der Waals surface area contributed by atoms with Crippen molar-refractivity contribution >= 4 is 11.6 Å². The van der Waals surface area contributed by atoms with Gasteiger partial charge in [0, 0.05) is 6.20 Å². The minimum atomic E-state index is -0.00264. The summed E-state index contributed by atoms with van der Waals surface area (Å²) in [7, 11) is 0. The molecule has 4 nitrogen and oxygen atoms in total. The maximum absolute atomic E-state index is 11.7. The zero-order valence-corrected chi connectivity index (χ0v) is 9.21. The molecule has 1 rings (SSSR count). The molecular weight excluding hydrogens is 190 g/mol. The van der Waals surface area contributed by atoms with Crippen molar-refractivity contribution in [3.63, 3.8) is 0 Å². The van der Waals surface area contributed by atoms with Crippen molar-refractivity contribution in [1.82, 2.24) is 10.3 Å². The van der Waals surface area contributed by atoms with Crippen LogP contribution in [0.2, 0.25) is 0 Å². The van der Waals surface area contributed by atoms with Crippen molar-refractivity contribution in [2.45, 2.75) is 20.3 Å². The second kappa shape index (κ2) is 5.46. The van der Waals surface area contributed by atoms with Crippen LogP contribution in [0, 0.1) is 6.92 Å². The van der Waals surface area contributed by atoms with Crippen LogP contribution in [-0.4, -0.2) is 23.9 Å². The number of aryl methyl sites for hydroxylation is 1. The second-order valence-corrected chi connectivity index (χ2v) is 3.55. The van der Waals surface area contributed by atoms with Crippen LogP contribution in [0.25, 0.3) is 0 Å². The predicted molar refractivity (Wildman–Crippen MR) is 60.9 cm³/mol. The summed E-state index contributed by atoms with van der Waals surface area (Å²) in [5.41, 5.74) is 7.09. The SMILES string of the molecule is CCCNCC(=O)c1cc(C)cnc1N. The molecule has 0 aromatic carbocycles. The van der Waals surface area contributed by atoms with Gasteiger partial charge in [-0.1, -0.05) is 6.92 Å². The number of carbonyl (C=O) groups is 1. The fourth-order valence-corrected chi connectivity index (χ4v) is 1.28. The first-order chi connectivity index (χ1) is 7.15. The largest absolute Gasteiger partial charge is 0.383 e. The maximum Gasteiger partial charge on any atom is 0.180 e. The Morgan fingerprint density at radius 1 is 1.60 bits per heavy atom. The molecule has 0 fully saturated rings. The van der Waals surface area contributed by atoms with Crippen LogP contribution in [0.4, 0.5) is 5.82 Å². The molecule has 82 valence electrons. The minimum absolute atomic E-state index is 0.00264. The summed E-state index contributed by atoms with van der Waals surface area (Å²) in [6, 6.07) is 1.78. The van der Waals surface area contributed by atoms with Gasteiger partial charge in [0.05, 0.1) is 12.1 Å². The molecule has 0 amide bonds. The van der Waals surface area contributed by atoms with Crippen molar-refractivity contribution in [2.75, 3.05) is 18.8 Å². The number of nitrogen functional groups attached to an aromatic ring is 1. The summed E-state index contributed by atoms with van der Waals surface area (Å²) in [5, 5.41) is 3.05. The number of nitrogens with two attached hydrogens (primary N) is 1. The first-order valence-corrected chi connectivity index (χ1v) is 5.11. The molecule has 0 atom stereocenters. The highest BCUT2D eigenvalue weighted by molar-refractivity contribution is 6.01. The van der Waals surface area contributed by atoms with E-state index in [4.69, 9.17) is 5.73 Å². The van der Waals surface area contributed by atoms with Crippen molar-refractivity contribution in [3.05, 3.63) is 23.4 Å². The van der Waals surface area contributed by atoms with E-state index in [2.05, 4.69) is 17.2 Å². The smallest absolute Gasteiger partial charge is 0.180 e. The van der Waals surface area contributed by atoms with Gasteiger partial charge in [-0.15, -0.1) is 0 Å². The Morgan fingerprint density at radius 2 is 2.33 bits per heavy atom. The Balaban J connectivity index is 2.68. The number of hydrogen-bond acceptors (Lipinski definition) is 4. The number of ketones is 1. The van der Waals surface area contributed by atoms with Gasteiger partial charge >= 0.3 is 0 Å². The zero-order valence-electron chi connectivity index (χ0n) is 9.21. The van der Waals surface area contributed by atoms with Crippen LogP contribution in [0.5, 0.6) is 0 Å². The molecule has 1 aromatic rings. The number of aromatic nitrogens is 1. The minimum Gasteiger partial charge on any atom is -0.383 e. The topological polar surface area (TPSA) is 68.0 Å². The van der Waals surface area contributed by atoms with Crippen LogP contribution in [0.3, 0.4) is 0 Å². The fourth-order valence-electron chi connectivity index (χ4n) is 1.28. The predicted octanol–water partition coefficient (Wildman–Crippen LogP) is 1.15. The lowest BCUT2D eigenvalue weighted by Crippen LogP contribution is -2.24. The summed E-state index contributed by atoms with van der Waals surface area (Å²) >= 11 is 0. The van der Waals surface area contributed by atoms with E-state index in [-0.39, 0.29) is 5.78 Å². The van der Waals surface area contributed by atoms with E-state index in [0.717, 1.165) is 18.5 Å². The number of hydrogen-bond donors (Lipinski definition) is 2. The van der Waals surface area contributed by atoms with Crippen molar-refractivity contribution in [1.29, 1.82) is 0 Å². The first-order valence-electron chi connectivity index (χ1n) is 5.11. The van der Waals surface area contributed by atoms with E-state index in [1.807, 2.05) is 6.92 Å². The van der Waals surface area contributed by atoms with E-state index >= 15 is 0 Å². The molecule has 4 heteroatoms. The number of nitrogens with one attached hydrogen (secondary N) is 1. The van der Waals surface area contributed by atoms with E-state index in [9.17, 15) is 4.79 Å². The number of Topliss-reactive ketones (excluding diaryl/α,β-unsaturated/α-hetero) is 1. The summed E-state index contributed by atoms with van der Waals surface area (Å²) in [6.07, 6.45) is 2.67. The number of nitrogens with zero attached hydrogens (tertiary/aromatic N) is 1. The van der Waals surface area contributed by atoms with E-state index < -0.39 is 0 Å². The summed E-state index contributed by atoms with van der Waals surface area (Å²) in [4.78, 5) is 15.7. The normalized spacial score (nSPS) is 10.3. The molecule has 1 heterocycles. The third-order valence-electron chi connectivity index (χ3n) is 2.07. The molecule has 0 aliphatic rings. The zero-order chi connectivity index (χ0) is 11.3. The van der Waals surface area contributed by atoms with Crippen LogP contribution in [-0.2, 0) is 0 Å². The van der Waals surface area contributed by atoms with Gasteiger partial charge < -0.3 is 11.1 Å². The first kappa shape index (κ1) is 11.7. The van der Waals surface area contributed by atoms with Crippen molar-refractivity contribution < 1.29 is 4.79 Å². The highest BCUT2D eigenvalue weighted by Crippen LogP contribution is 2.10. The maximum atomic E-state index is 11.7. The summed E-state index contributed by atoms with van der Waals surface area (Å²) in [6.45, 7) is 5.11. The quantitative estimate of drug-likeness (QED) is 0.561. The van der Waals surface area contributed by atoms with Crippen molar-refractivity contribution in [3.8, 4) is 0 Å². The monoisotopic (exact) mass is 207 g/mol. The molecule has 0 saturated heterocycles. The number of rotatable bonds is 5. The van der Waals surface area contributed by atoms with Crippen molar-refractivity contribution in [2.24, 2.45) is 0 Å². The molecule has 0 aliphatic heterocycles. The summed E-state index contributed by atoms with van der Waals surface area (Å²) < 4.78 is 0. The number of carbonyl (C=O) groups excluding carboxylic acids is 1. The second-order valence-electron chi connectivity index (χ2n) is 3.55. The van der Waals surface area contributed by atoms with Crippen LogP contribution in [0.15, 0.2) is 12.3 Å². The molecule has 0 spiro atoms. The van der Waals surface area contributed by atoms with Gasteiger partial charge in [-0.2, -0.15) is 0 Å². The molecule has 0 saturated carbocycles. The molecule has 0 unspecified atom stereocenters.